The lowest BCUT2D eigenvalue weighted by Crippen LogP contribution is -2.25. The number of benzene rings is 3. The third-order valence-electron chi connectivity index (χ3n) is 6.30. The summed E-state index contributed by atoms with van der Waals surface area (Å²) in [6.07, 6.45) is 1.79. The Hall–Kier alpha value is -4.01. The lowest BCUT2D eigenvalue weighted by molar-refractivity contribution is 0.596. The van der Waals surface area contributed by atoms with Crippen molar-refractivity contribution in [3.8, 4) is 22.3 Å². The van der Waals surface area contributed by atoms with Crippen LogP contribution in [0.1, 0.15) is 0 Å². The highest BCUT2D eigenvalue weighted by molar-refractivity contribution is 7.94. The quantitative estimate of drug-likeness (QED) is 0.268. The lowest BCUT2D eigenvalue weighted by atomic mass is 9.93. The van der Waals surface area contributed by atoms with E-state index in [1.165, 1.54) is 27.8 Å². The average molecular weight is 514 g/mol. The van der Waals surface area contributed by atoms with E-state index in [4.69, 9.17) is 0 Å². The number of sulfonamides is 1. The van der Waals surface area contributed by atoms with Gasteiger partial charge in [0.25, 0.3) is 10.0 Å². The van der Waals surface area contributed by atoms with Crippen LogP contribution < -0.4 is 4.31 Å². The minimum Gasteiger partial charge on any atom is -0.339 e. The summed E-state index contributed by atoms with van der Waals surface area (Å²) in [7, 11) is -2.12. The highest BCUT2D eigenvalue weighted by atomic mass is 32.2. The molecule has 3 aromatic heterocycles. The van der Waals surface area contributed by atoms with E-state index in [9.17, 15) is 12.8 Å². The van der Waals surface area contributed by atoms with Gasteiger partial charge in [0.1, 0.15) is 15.7 Å². The topological polar surface area (TPSA) is 66.1 Å². The van der Waals surface area contributed by atoms with Crippen LogP contribution in [-0.2, 0) is 10.0 Å². The van der Waals surface area contributed by atoms with Gasteiger partial charge in [-0.15, -0.1) is 11.3 Å². The Kier molecular flexibility index (Phi) is 5.35. The second-order valence-electron chi connectivity index (χ2n) is 8.40. The van der Waals surface area contributed by atoms with E-state index in [1.54, 1.807) is 49.0 Å². The fraction of sp³-hybridized carbons (Fsp3) is 0.0357. The van der Waals surface area contributed by atoms with E-state index < -0.39 is 10.0 Å². The van der Waals surface area contributed by atoms with Crippen LogP contribution >= 0.6 is 11.3 Å². The Morgan fingerprint density at radius 3 is 2.42 bits per heavy atom. The summed E-state index contributed by atoms with van der Waals surface area (Å²) in [6.45, 7) is 0. The number of anilines is 1. The molecule has 0 aliphatic carbocycles. The van der Waals surface area contributed by atoms with Crippen molar-refractivity contribution < 1.29 is 12.8 Å². The molecule has 5 nitrogen and oxygen atoms in total. The van der Waals surface area contributed by atoms with Crippen LogP contribution in [0.5, 0.6) is 0 Å². The summed E-state index contributed by atoms with van der Waals surface area (Å²) in [5, 5.41) is 3.48. The number of thiophene rings is 1. The number of halogens is 1. The number of nitrogens with one attached hydrogen (secondary N) is 1. The number of aromatic nitrogens is 2. The van der Waals surface area contributed by atoms with Crippen molar-refractivity contribution >= 4 is 49.0 Å². The Morgan fingerprint density at radius 2 is 1.69 bits per heavy atom. The molecule has 6 rings (SSSR count). The molecule has 3 heterocycles. The monoisotopic (exact) mass is 513 g/mol. The molecule has 0 aliphatic rings. The maximum absolute atomic E-state index is 13.7. The smallest absolute Gasteiger partial charge is 0.273 e. The predicted molar refractivity (Wildman–Crippen MR) is 144 cm³/mol. The van der Waals surface area contributed by atoms with Gasteiger partial charge in [-0.3, -0.25) is 4.31 Å². The molecule has 1 N–H and O–H groups in total. The number of H-pyrrole nitrogens is 1. The van der Waals surface area contributed by atoms with Crippen LogP contribution in [-0.4, -0.2) is 25.4 Å². The number of aromatic amines is 1. The van der Waals surface area contributed by atoms with Gasteiger partial charge < -0.3 is 4.98 Å². The van der Waals surface area contributed by atoms with E-state index >= 15 is 0 Å². The van der Waals surface area contributed by atoms with Gasteiger partial charge in [-0.1, -0.05) is 48.5 Å². The van der Waals surface area contributed by atoms with Crippen molar-refractivity contribution in [3.05, 3.63) is 102 Å². The van der Waals surface area contributed by atoms with Gasteiger partial charge in [0.2, 0.25) is 0 Å². The standard InChI is InChI=1S/C28H20FN3O2S2/c1-32(36(33,34)25-8-5-15-35-25)21-13-14-24-22(16-21)27-26(19-6-3-2-4-7-19)23(17-30-28(27)31-24)18-9-11-20(29)12-10-18/h2-17H,1H3,(H,30,31). The maximum Gasteiger partial charge on any atom is 0.273 e. The number of nitrogens with zero attached hydrogens (tertiary/aromatic N) is 2. The zero-order valence-electron chi connectivity index (χ0n) is 19.1. The third-order valence-corrected chi connectivity index (χ3v) is 9.45. The molecule has 0 amide bonds. The molecule has 6 aromatic rings. The first-order valence-corrected chi connectivity index (χ1v) is 13.5. The zero-order valence-corrected chi connectivity index (χ0v) is 20.8. The molecule has 0 bridgehead atoms. The molecule has 36 heavy (non-hydrogen) atoms. The molecule has 3 aromatic carbocycles. The van der Waals surface area contributed by atoms with Crippen LogP contribution in [0.25, 0.3) is 44.2 Å². The number of hydrogen-bond donors (Lipinski definition) is 1. The van der Waals surface area contributed by atoms with Gasteiger partial charge in [0, 0.05) is 40.7 Å². The normalized spacial score (nSPS) is 11.8. The number of fused-ring (bicyclic) bond motifs is 3. The summed E-state index contributed by atoms with van der Waals surface area (Å²) in [5.41, 5.74) is 5.71. The highest BCUT2D eigenvalue weighted by Gasteiger charge is 2.24. The highest BCUT2D eigenvalue weighted by Crippen LogP contribution is 2.41. The molecule has 0 saturated carbocycles. The molecule has 0 radical (unpaired) electrons. The van der Waals surface area contributed by atoms with E-state index in [-0.39, 0.29) is 10.0 Å². The van der Waals surface area contributed by atoms with Crippen molar-refractivity contribution in [1.29, 1.82) is 0 Å². The summed E-state index contributed by atoms with van der Waals surface area (Å²) in [6, 6.07) is 25.2. The van der Waals surface area contributed by atoms with Gasteiger partial charge in [-0.2, -0.15) is 0 Å². The van der Waals surface area contributed by atoms with Crippen molar-refractivity contribution in [3.63, 3.8) is 0 Å². The van der Waals surface area contributed by atoms with E-state index in [2.05, 4.69) is 9.97 Å². The predicted octanol–water partition coefficient (Wildman–Crippen LogP) is 7.08. The average Bonchev–Trinajstić information content (AvgIpc) is 3.57. The molecule has 0 aliphatic heterocycles. The van der Waals surface area contributed by atoms with Gasteiger partial charge >= 0.3 is 0 Å². The molecule has 178 valence electrons. The van der Waals surface area contributed by atoms with E-state index in [1.807, 2.05) is 42.5 Å². The first-order valence-electron chi connectivity index (χ1n) is 11.2. The Bertz CT molecular complexity index is 1810. The number of rotatable bonds is 5. The van der Waals surface area contributed by atoms with E-state index in [0.717, 1.165) is 38.5 Å². The van der Waals surface area contributed by atoms with Crippen LogP contribution in [0.2, 0.25) is 0 Å². The van der Waals surface area contributed by atoms with Crippen LogP contribution in [0.4, 0.5) is 10.1 Å². The maximum atomic E-state index is 13.7. The fourth-order valence-corrected chi connectivity index (χ4v) is 6.83. The molecule has 0 unspecified atom stereocenters. The second kappa shape index (κ2) is 8.58. The number of hydrogen-bond acceptors (Lipinski definition) is 4. The molecular formula is C28H20FN3O2S2. The fourth-order valence-electron chi connectivity index (χ4n) is 4.48. The summed E-state index contributed by atoms with van der Waals surface area (Å²) in [4.78, 5) is 8.06. The van der Waals surface area contributed by atoms with Crippen molar-refractivity contribution in [2.75, 3.05) is 11.4 Å². The molecular weight excluding hydrogens is 493 g/mol. The van der Waals surface area contributed by atoms with Gasteiger partial charge in [-0.25, -0.2) is 17.8 Å². The lowest BCUT2D eigenvalue weighted by Gasteiger charge is -2.18. The Balaban J connectivity index is 1.63. The molecule has 0 atom stereocenters. The van der Waals surface area contributed by atoms with Gasteiger partial charge in [0.05, 0.1) is 5.69 Å². The van der Waals surface area contributed by atoms with Crippen LogP contribution in [0.3, 0.4) is 0 Å². The molecule has 0 spiro atoms. The minimum atomic E-state index is -3.68. The Morgan fingerprint density at radius 1 is 0.917 bits per heavy atom. The summed E-state index contributed by atoms with van der Waals surface area (Å²) < 4.78 is 41.6. The van der Waals surface area contributed by atoms with Crippen molar-refractivity contribution in [2.45, 2.75) is 4.21 Å². The first-order chi connectivity index (χ1) is 17.4. The van der Waals surface area contributed by atoms with Crippen molar-refractivity contribution in [1.82, 2.24) is 9.97 Å². The molecule has 0 saturated heterocycles. The van der Waals surface area contributed by atoms with Gasteiger partial charge in [-0.05, 0) is 52.9 Å². The summed E-state index contributed by atoms with van der Waals surface area (Å²) in [5.74, 6) is -0.305. The van der Waals surface area contributed by atoms with E-state index in [0.29, 0.717) is 11.3 Å². The van der Waals surface area contributed by atoms with Crippen molar-refractivity contribution in [2.24, 2.45) is 0 Å². The third kappa shape index (κ3) is 3.66. The SMILES string of the molecule is CN(c1ccc2[nH]c3ncc(-c4ccc(F)cc4)c(-c4ccccc4)c3c2c1)S(=O)(=O)c1cccs1. The summed E-state index contributed by atoms with van der Waals surface area (Å²) >= 11 is 1.19. The molecule has 8 heteroatoms. The largest absolute Gasteiger partial charge is 0.339 e. The second-order valence-corrected chi connectivity index (χ2v) is 11.5. The Labute approximate surface area is 211 Å². The van der Waals surface area contributed by atoms with Crippen LogP contribution in [0, 0.1) is 5.82 Å². The van der Waals surface area contributed by atoms with Crippen LogP contribution in [0.15, 0.2) is 101 Å². The number of pyridine rings is 1. The zero-order chi connectivity index (χ0) is 24.9. The van der Waals surface area contributed by atoms with Gasteiger partial charge in [0.15, 0.2) is 0 Å². The minimum absolute atomic E-state index is 0.286. The first kappa shape index (κ1) is 22.5. The molecule has 0 fully saturated rings.